The van der Waals surface area contributed by atoms with Gasteiger partial charge in [0.2, 0.25) is 0 Å². The second-order valence-corrected chi connectivity index (χ2v) is 3.46. The number of unbranched alkanes of at least 4 members (excludes halogenated alkanes) is 1. The first-order valence-corrected chi connectivity index (χ1v) is 5.06. The molecule has 0 saturated heterocycles. The fourth-order valence-corrected chi connectivity index (χ4v) is 1.07. The fraction of sp³-hybridized carbons (Fsp3) is 0.818. The maximum Gasteiger partial charge on any atom is 0.0752 e. The Balaban J connectivity index is 3.74. The first-order valence-electron chi connectivity index (χ1n) is 5.06. The highest BCUT2D eigenvalue weighted by atomic mass is 16.5. The van der Waals surface area contributed by atoms with Gasteiger partial charge in [0.15, 0.2) is 0 Å². The quantitative estimate of drug-likeness (QED) is 0.618. The van der Waals surface area contributed by atoms with Crippen molar-refractivity contribution in [3.05, 3.63) is 12.2 Å². The summed E-state index contributed by atoms with van der Waals surface area (Å²) >= 11 is 0. The summed E-state index contributed by atoms with van der Waals surface area (Å²) in [5.41, 5.74) is 0. The molecule has 1 N–H and O–H groups in total. The Bertz CT molecular complexity index is 132. The minimum absolute atomic E-state index is 0.209. The van der Waals surface area contributed by atoms with Crippen molar-refractivity contribution in [3.63, 3.8) is 0 Å². The summed E-state index contributed by atoms with van der Waals surface area (Å²) in [5.74, 6) is 0.235. The van der Waals surface area contributed by atoms with Crippen LogP contribution in [0.4, 0.5) is 0 Å². The fourth-order valence-electron chi connectivity index (χ4n) is 1.07. The van der Waals surface area contributed by atoms with Crippen molar-refractivity contribution < 1.29 is 9.84 Å². The number of ether oxygens (including phenoxy) is 1. The molecule has 0 aliphatic carbocycles. The standard InChI is InChI=1S/C11H22O2/c1-4-5-6-11(13-3)8-7-10(2)9-12/h7-8,10-12H,4-6,9H2,1-3H3. The Morgan fingerprint density at radius 1 is 1.38 bits per heavy atom. The first-order chi connectivity index (χ1) is 6.24. The molecule has 0 bridgehead atoms. The molecule has 0 amide bonds. The van der Waals surface area contributed by atoms with Gasteiger partial charge in [0, 0.05) is 13.7 Å². The van der Waals surface area contributed by atoms with E-state index in [1.165, 1.54) is 12.8 Å². The van der Waals surface area contributed by atoms with E-state index in [1.54, 1.807) is 7.11 Å². The molecule has 0 aliphatic rings. The van der Waals surface area contributed by atoms with Gasteiger partial charge in [0.1, 0.15) is 0 Å². The minimum atomic E-state index is 0.209. The third-order valence-electron chi connectivity index (χ3n) is 2.09. The zero-order chi connectivity index (χ0) is 10.1. The molecule has 13 heavy (non-hydrogen) atoms. The molecular formula is C11H22O2. The third-order valence-corrected chi connectivity index (χ3v) is 2.09. The van der Waals surface area contributed by atoms with Crippen LogP contribution in [0.5, 0.6) is 0 Å². The molecule has 0 rings (SSSR count). The Morgan fingerprint density at radius 2 is 2.08 bits per heavy atom. The van der Waals surface area contributed by atoms with Gasteiger partial charge in [-0.3, -0.25) is 0 Å². The summed E-state index contributed by atoms with van der Waals surface area (Å²) in [7, 11) is 1.73. The van der Waals surface area contributed by atoms with Crippen LogP contribution in [-0.2, 0) is 4.74 Å². The molecule has 0 aromatic heterocycles. The van der Waals surface area contributed by atoms with Crippen LogP contribution < -0.4 is 0 Å². The van der Waals surface area contributed by atoms with E-state index in [0.717, 1.165) is 6.42 Å². The van der Waals surface area contributed by atoms with E-state index >= 15 is 0 Å². The lowest BCUT2D eigenvalue weighted by Crippen LogP contribution is -2.07. The lowest BCUT2D eigenvalue weighted by molar-refractivity contribution is 0.130. The van der Waals surface area contributed by atoms with Crippen LogP contribution in [0.15, 0.2) is 12.2 Å². The molecule has 0 heterocycles. The minimum Gasteiger partial charge on any atom is -0.396 e. The highest BCUT2D eigenvalue weighted by molar-refractivity contribution is 4.92. The zero-order valence-corrected chi connectivity index (χ0v) is 8.99. The Labute approximate surface area is 81.6 Å². The summed E-state index contributed by atoms with van der Waals surface area (Å²) < 4.78 is 5.28. The lowest BCUT2D eigenvalue weighted by Gasteiger charge is -2.10. The summed E-state index contributed by atoms with van der Waals surface area (Å²) in [4.78, 5) is 0. The average Bonchev–Trinajstić information content (AvgIpc) is 2.17. The van der Waals surface area contributed by atoms with Crippen LogP contribution in [0, 0.1) is 5.92 Å². The van der Waals surface area contributed by atoms with Crippen molar-refractivity contribution in [2.45, 2.75) is 39.2 Å². The Kier molecular flexibility index (Phi) is 8.05. The molecule has 0 fully saturated rings. The van der Waals surface area contributed by atoms with Gasteiger partial charge in [0.25, 0.3) is 0 Å². The highest BCUT2D eigenvalue weighted by Gasteiger charge is 2.02. The number of hydrogen-bond donors (Lipinski definition) is 1. The van der Waals surface area contributed by atoms with Gasteiger partial charge in [-0.2, -0.15) is 0 Å². The Morgan fingerprint density at radius 3 is 2.54 bits per heavy atom. The molecule has 0 aromatic rings. The smallest absolute Gasteiger partial charge is 0.0752 e. The molecule has 0 aromatic carbocycles. The van der Waals surface area contributed by atoms with Crippen molar-refractivity contribution in [1.29, 1.82) is 0 Å². The first kappa shape index (κ1) is 12.7. The predicted octanol–water partition coefficient (Wildman–Crippen LogP) is 2.38. The number of rotatable bonds is 7. The predicted molar refractivity (Wildman–Crippen MR) is 55.7 cm³/mol. The van der Waals surface area contributed by atoms with Gasteiger partial charge < -0.3 is 9.84 Å². The molecule has 0 saturated carbocycles. The molecule has 0 radical (unpaired) electrons. The second kappa shape index (κ2) is 8.27. The highest BCUT2D eigenvalue weighted by Crippen LogP contribution is 2.07. The maximum atomic E-state index is 8.80. The average molecular weight is 186 g/mol. The molecule has 78 valence electrons. The van der Waals surface area contributed by atoms with E-state index in [1.807, 2.05) is 13.0 Å². The SMILES string of the molecule is CCCCC(C=CC(C)CO)OC. The van der Waals surface area contributed by atoms with Crippen LogP contribution in [0.3, 0.4) is 0 Å². The Hall–Kier alpha value is -0.340. The molecule has 0 aliphatic heterocycles. The zero-order valence-electron chi connectivity index (χ0n) is 8.99. The monoisotopic (exact) mass is 186 g/mol. The normalized spacial score (nSPS) is 16.3. The van der Waals surface area contributed by atoms with E-state index in [0.29, 0.717) is 0 Å². The summed E-state index contributed by atoms with van der Waals surface area (Å²) in [6.45, 7) is 4.37. The summed E-state index contributed by atoms with van der Waals surface area (Å²) in [5, 5.41) is 8.80. The van der Waals surface area contributed by atoms with Crippen molar-refractivity contribution in [1.82, 2.24) is 0 Å². The third kappa shape index (κ3) is 6.79. The van der Waals surface area contributed by atoms with Gasteiger partial charge >= 0.3 is 0 Å². The topological polar surface area (TPSA) is 29.5 Å². The van der Waals surface area contributed by atoms with E-state index in [4.69, 9.17) is 9.84 Å². The number of methoxy groups -OCH3 is 1. The molecule has 2 unspecified atom stereocenters. The number of aliphatic hydroxyl groups is 1. The molecule has 0 spiro atoms. The molecule has 2 heteroatoms. The van der Waals surface area contributed by atoms with Crippen LogP contribution in [0.25, 0.3) is 0 Å². The maximum absolute atomic E-state index is 8.80. The van der Waals surface area contributed by atoms with Crippen LogP contribution in [-0.4, -0.2) is 24.9 Å². The van der Waals surface area contributed by atoms with Crippen LogP contribution in [0.2, 0.25) is 0 Å². The van der Waals surface area contributed by atoms with Gasteiger partial charge in [-0.25, -0.2) is 0 Å². The lowest BCUT2D eigenvalue weighted by atomic mass is 10.1. The molecular weight excluding hydrogens is 164 g/mol. The largest absolute Gasteiger partial charge is 0.396 e. The van der Waals surface area contributed by atoms with E-state index in [2.05, 4.69) is 13.0 Å². The van der Waals surface area contributed by atoms with E-state index in [-0.39, 0.29) is 18.6 Å². The van der Waals surface area contributed by atoms with Crippen molar-refractivity contribution in [2.75, 3.05) is 13.7 Å². The van der Waals surface area contributed by atoms with Crippen molar-refractivity contribution in [3.8, 4) is 0 Å². The van der Waals surface area contributed by atoms with E-state index < -0.39 is 0 Å². The van der Waals surface area contributed by atoms with Crippen molar-refractivity contribution in [2.24, 2.45) is 5.92 Å². The van der Waals surface area contributed by atoms with Gasteiger partial charge in [-0.1, -0.05) is 38.8 Å². The number of hydrogen-bond acceptors (Lipinski definition) is 2. The van der Waals surface area contributed by atoms with E-state index in [9.17, 15) is 0 Å². The molecule has 2 nitrogen and oxygen atoms in total. The van der Waals surface area contributed by atoms with Gasteiger partial charge in [0.05, 0.1) is 6.10 Å². The van der Waals surface area contributed by atoms with Crippen LogP contribution >= 0.6 is 0 Å². The second-order valence-electron chi connectivity index (χ2n) is 3.46. The van der Waals surface area contributed by atoms with Crippen LogP contribution in [0.1, 0.15) is 33.1 Å². The molecule has 2 atom stereocenters. The van der Waals surface area contributed by atoms with Gasteiger partial charge in [-0.05, 0) is 12.3 Å². The number of aliphatic hydroxyl groups excluding tert-OH is 1. The van der Waals surface area contributed by atoms with Gasteiger partial charge in [-0.15, -0.1) is 0 Å². The summed E-state index contributed by atoms with van der Waals surface area (Å²) in [6, 6.07) is 0. The van der Waals surface area contributed by atoms with Crippen molar-refractivity contribution >= 4 is 0 Å². The summed E-state index contributed by atoms with van der Waals surface area (Å²) in [6.07, 6.45) is 7.75.